The molecule has 0 aliphatic carbocycles. The van der Waals surface area contributed by atoms with E-state index in [1.807, 2.05) is 0 Å². The van der Waals surface area contributed by atoms with E-state index < -0.39 is 0 Å². The second kappa shape index (κ2) is 4.38. The quantitative estimate of drug-likeness (QED) is 0.596. The number of nitrogens with one attached hydrogen (secondary N) is 1. The number of aromatic nitrogens is 3. The van der Waals surface area contributed by atoms with Crippen LogP contribution >= 0.6 is 0 Å². The summed E-state index contributed by atoms with van der Waals surface area (Å²) < 4.78 is 0. The molecular formula is C10H13N5O2. The maximum Gasteiger partial charge on any atom is 0.222 e. The van der Waals surface area contributed by atoms with E-state index in [-0.39, 0.29) is 24.3 Å². The Labute approximate surface area is 97.3 Å². The van der Waals surface area contributed by atoms with Crippen molar-refractivity contribution in [1.82, 2.24) is 15.0 Å². The van der Waals surface area contributed by atoms with E-state index in [4.69, 9.17) is 10.8 Å². The molecule has 0 saturated heterocycles. The number of hydrogen-bond acceptors (Lipinski definition) is 7. The molecule has 0 unspecified atom stereocenters. The Kier molecular flexibility index (Phi) is 2.92. The second-order valence-electron chi connectivity index (χ2n) is 3.72. The number of nitrogens with two attached hydrogens (primary N) is 1. The van der Waals surface area contributed by atoms with Gasteiger partial charge in [-0.05, 0) is 6.92 Å². The Balaban J connectivity index is 2.53. The molecule has 0 spiro atoms. The van der Waals surface area contributed by atoms with Crippen LogP contribution in [0.1, 0.15) is 6.92 Å². The number of fused-ring (bicyclic) bond motifs is 1. The summed E-state index contributed by atoms with van der Waals surface area (Å²) in [4.78, 5) is 12.0. The fraction of sp³-hybridized carbons (Fsp3) is 0.300. The molecule has 2 aromatic rings. The lowest BCUT2D eigenvalue weighted by atomic mass is 10.3. The molecule has 7 nitrogen and oxygen atoms in total. The van der Waals surface area contributed by atoms with Crippen LogP contribution in [0.2, 0.25) is 0 Å². The summed E-state index contributed by atoms with van der Waals surface area (Å²) in [5.41, 5.74) is 6.50. The Hall–Kier alpha value is -2.15. The number of rotatable bonds is 3. The van der Waals surface area contributed by atoms with Gasteiger partial charge in [0.25, 0.3) is 0 Å². The summed E-state index contributed by atoms with van der Waals surface area (Å²) in [6.07, 6.45) is 1.30. The van der Waals surface area contributed by atoms with Gasteiger partial charge in [-0.15, -0.1) is 0 Å². The first-order chi connectivity index (χ1) is 8.10. The van der Waals surface area contributed by atoms with Crippen molar-refractivity contribution < 1.29 is 10.2 Å². The van der Waals surface area contributed by atoms with Crippen molar-refractivity contribution in [3.63, 3.8) is 0 Å². The smallest absolute Gasteiger partial charge is 0.222 e. The van der Waals surface area contributed by atoms with Crippen LogP contribution in [0.3, 0.4) is 0 Å². The number of nitrogens with zero attached hydrogens (tertiary/aromatic N) is 3. The van der Waals surface area contributed by atoms with Gasteiger partial charge in [-0.1, -0.05) is 0 Å². The molecule has 17 heavy (non-hydrogen) atoms. The highest BCUT2D eigenvalue weighted by Crippen LogP contribution is 2.22. The third-order valence-electron chi connectivity index (χ3n) is 2.20. The molecule has 90 valence electrons. The molecule has 2 heterocycles. The Morgan fingerprint density at radius 3 is 2.94 bits per heavy atom. The number of aromatic hydroxyl groups is 1. The number of pyridine rings is 1. The van der Waals surface area contributed by atoms with Gasteiger partial charge in [0.1, 0.15) is 16.8 Å². The highest BCUT2D eigenvalue weighted by molar-refractivity contribution is 5.86. The predicted octanol–water partition coefficient (Wildman–Crippen LogP) is 0.105. The molecular weight excluding hydrogens is 222 g/mol. The summed E-state index contributed by atoms with van der Waals surface area (Å²) in [5, 5.41) is 21.3. The molecule has 0 amide bonds. The van der Waals surface area contributed by atoms with E-state index >= 15 is 0 Å². The van der Waals surface area contributed by atoms with Crippen molar-refractivity contribution in [3.05, 3.63) is 12.3 Å². The van der Waals surface area contributed by atoms with Gasteiger partial charge in [0.05, 0.1) is 12.8 Å². The number of aliphatic hydroxyl groups excluding tert-OH is 1. The van der Waals surface area contributed by atoms with Gasteiger partial charge >= 0.3 is 0 Å². The SMILES string of the molecule is C[C@H](CO)Nc1nc(N)nc2cc(O)cnc12. The Bertz CT molecular complexity index is 540. The molecule has 2 aromatic heterocycles. The minimum absolute atomic E-state index is 0.0109. The Morgan fingerprint density at radius 1 is 1.47 bits per heavy atom. The molecule has 0 saturated carbocycles. The molecule has 0 bridgehead atoms. The van der Waals surface area contributed by atoms with Crippen molar-refractivity contribution in [1.29, 1.82) is 0 Å². The van der Waals surface area contributed by atoms with E-state index in [0.717, 1.165) is 0 Å². The third-order valence-corrected chi connectivity index (χ3v) is 2.20. The lowest BCUT2D eigenvalue weighted by Crippen LogP contribution is -2.20. The fourth-order valence-corrected chi connectivity index (χ4v) is 1.41. The summed E-state index contributed by atoms with van der Waals surface area (Å²) >= 11 is 0. The Morgan fingerprint density at radius 2 is 2.24 bits per heavy atom. The molecule has 0 aromatic carbocycles. The molecule has 5 N–H and O–H groups in total. The van der Waals surface area contributed by atoms with E-state index in [1.165, 1.54) is 12.3 Å². The minimum Gasteiger partial charge on any atom is -0.506 e. The van der Waals surface area contributed by atoms with Crippen molar-refractivity contribution >= 4 is 22.8 Å². The molecule has 0 fully saturated rings. The van der Waals surface area contributed by atoms with Crippen LogP contribution in [0.5, 0.6) is 5.75 Å². The molecule has 0 aliphatic heterocycles. The summed E-state index contributed by atoms with van der Waals surface area (Å²) in [7, 11) is 0. The van der Waals surface area contributed by atoms with Crippen molar-refractivity contribution in [3.8, 4) is 5.75 Å². The van der Waals surface area contributed by atoms with E-state index in [0.29, 0.717) is 16.9 Å². The zero-order valence-electron chi connectivity index (χ0n) is 9.25. The highest BCUT2D eigenvalue weighted by Gasteiger charge is 2.10. The van der Waals surface area contributed by atoms with Crippen molar-refractivity contribution in [2.75, 3.05) is 17.7 Å². The van der Waals surface area contributed by atoms with E-state index in [2.05, 4.69) is 20.3 Å². The maximum atomic E-state index is 9.32. The van der Waals surface area contributed by atoms with Crippen LogP contribution in [0, 0.1) is 0 Å². The monoisotopic (exact) mass is 235 g/mol. The topological polar surface area (TPSA) is 117 Å². The van der Waals surface area contributed by atoms with E-state index in [9.17, 15) is 5.11 Å². The van der Waals surface area contributed by atoms with Gasteiger partial charge in [0, 0.05) is 12.1 Å². The van der Waals surface area contributed by atoms with Crippen LogP contribution in [0.4, 0.5) is 11.8 Å². The van der Waals surface area contributed by atoms with Gasteiger partial charge in [-0.25, -0.2) is 9.97 Å². The van der Waals surface area contributed by atoms with Crippen molar-refractivity contribution in [2.24, 2.45) is 0 Å². The zero-order valence-corrected chi connectivity index (χ0v) is 9.25. The van der Waals surface area contributed by atoms with Crippen molar-refractivity contribution in [2.45, 2.75) is 13.0 Å². The second-order valence-corrected chi connectivity index (χ2v) is 3.72. The van der Waals surface area contributed by atoms with Crippen LogP contribution in [0.25, 0.3) is 11.0 Å². The summed E-state index contributed by atoms with van der Waals surface area (Å²) in [6.45, 7) is 1.76. The van der Waals surface area contributed by atoms with Gasteiger partial charge in [0.2, 0.25) is 5.95 Å². The summed E-state index contributed by atoms with van der Waals surface area (Å²) in [6, 6.07) is 1.28. The van der Waals surface area contributed by atoms with Gasteiger partial charge in [-0.2, -0.15) is 4.98 Å². The van der Waals surface area contributed by atoms with Gasteiger partial charge < -0.3 is 21.3 Å². The fourth-order valence-electron chi connectivity index (χ4n) is 1.41. The van der Waals surface area contributed by atoms with Gasteiger partial charge in [-0.3, -0.25) is 0 Å². The maximum absolute atomic E-state index is 9.32. The number of anilines is 2. The van der Waals surface area contributed by atoms with Crippen LogP contribution in [-0.2, 0) is 0 Å². The first-order valence-corrected chi connectivity index (χ1v) is 5.10. The predicted molar refractivity (Wildman–Crippen MR) is 63.6 cm³/mol. The highest BCUT2D eigenvalue weighted by atomic mass is 16.3. The standard InChI is InChI=1S/C10H13N5O2/c1-5(4-16)13-9-8-7(14-10(11)15-9)2-6(17)3-12-8/h2-3,5,16-17H,4H2,1H3,(H3,11,13,14,15)/t5-/m1/s1. The third kappa shape index (κ3) is 2.34. The number of aliphatic hydroxyl groups is 1. The average Bonchev–Trinajstić information content (AvgIpc) is 2.27. The number of hydrogen-bond donors (Lipinski definition) is 4. The van der Waals surface area contributed by atoms with Crippen LogP contribution < -0.4 is 11.1 Å². The number of nitrogen functional groups attached to an aromatic ring is 1. The van der Waals surface area contributed by atoms with Crippen LogP contribution in [0.15, 0.2) is 12.3 Å². The first kappa shape index (κ1) is 11.3. The first-order valence-electron chi connectivity index (χ1n) is 5.10. The van der Waals surface area contributed by atoms with Crippen LogP contribution in [-0.4, -0.2) is 37.8 Å². The molecule has 7 heteroatoms. The largest absolute Gasteiger partial charge is 0.506 e. The lowest BCUT2D eigenvalue weighted by Gasteiger charge is -2.13. The minimum atomic E-state index is -0.178. The summed E-state index contributed by atoms with van der Waals surface area (Å²) in [5.74, 6) is 0.531. The lowest BCUT2D eigenvalue weighted by molar-refractivity contribution is 0.281. The molecule has 0 aliphatic rings. The average molecular weight is 235 g/mol. The van der Waals surface area contributed by atoms with E-state index in [1.54, 1.807) is 6.92 Å². The normalized spacial score (nSPS) is 12.6. The molecule has 2 rings (SSSR count). The van der Waals surface area contributed by atoms with Gasteiger partial charge in [0.15, 0.2) is 5.82 Å². The molecule has 0 radical (unpaired) electrons. The zero-order chi connectivity index (χ0) is 12.4. The molecule has 1 atom stereocenters.